The van der Waals surface area contributed by atoms with Crippen molar-refractivity contribution >= 4 is 28.6 Å². The average molecular weight is 426 g/mol. The second-order valence-corrected chi connectivity index (χ2v) is 7.00. The molecule has 0 saturated heterocycles. The van der Waals surface area contributed by atoms with Crippen LogP contribution in [-0.4, -0.2) is 32.5 Å². The van der Waals surface area contributed by atoms with Gasteiger partial charge >= 0.3 is 6.18 Å². The van der Waals surface area contributed by atoms with Gasteiger partial charge in [0, 0.05) is 23.7 Å². The van der Waals surface area contributed by atoms with E-state index in [0.29, 0.717) is 17.5 Å². The molecule has 11 heteroatoms. The Hall–Kier alpha value is -2.95. The third kappa shape index (κ3) is 5.53. The van der Waals surface area contributed by atoms with Crippen LogP contribution in [0.4, 0.5) is 17.6 Å². The number of nitrogens with zero attached hydrogens (tertiary/aromatic N) is 3. The number of aromatic nitrogens is 3. The third-order valence-electron chi connectivity index (χ3n) is 3.72. The number of nitrogens with one attached hydrogen (secondary N) is 1. The molecule has 1 amide bonds. The summed E-state index contributed by atoms with van der Waals surface area (Å²) >= 11 is 0.636. The van der Waals surface area contributed by atoms with Crippen LogP contribution >= 0.6 is 11.8 Å². The maximum atomic E-state index is 13.5. The van der Waals surface area contributed by atoms with Gasteiger partial charge in [-0.05, 0) is 24.3 Å². The predicted octanol–water partition coefficient (Wildman–Crippen LogP) is 3.29. The molecule has 6 nitrogen and oxygen atoms in total. The molecule has 2 aromatic heterocycles. The molecule has 0 radical (unpaired) electrons. The largest absolute Gasteiger partial charge is 0.389 e. The lowest BCUT2D eigenvalue weighted by Crippen LogP contribution is -2.36. The second-order valence-electron chi connectivity index (χ2n) is 5.94. The van der Waals surface area contributed by atoms with E-state index in [1.54, 1.807) is 18.2 Å². The van der Waals surface area contributed by atoms with Gasteiger partial charge < -0.3 is 0 Å². The molecule has 0 atom stereocenters. The molecule has 0 fully saturated rings. The first-order valence-corrected chi connectivity index (χ1v) is 9.33. The van der Waals surface area contributed by atoms with E-state index in [9.17, 15) is 27.2 Å². The van der Waals surface area contributed by atoms with Crippen LogP contribution in [0.15, 0.2) is 52.5 Å². The van der Waals surface area contributed by atoms with Gasteiger partial charge in [-0.25, -0.2) is 9.37 Å². The second kappa shape index (κ2) is 8.60. The Balaban J connectivity index is 1.92. The van der Waals surface area contributed by atoms with E-state index in [1.807, 2.05) is 0 Å². The fraction of sp³-hybridized carbons (Fsp3) is 0.222. The van der Waals surface area contributed by atoms with Crippen molar-refractivity contribution in [3.63, 3.8) is 0 Å². The summed E-state index contributed by atoms with van der Waals surface area (Å²) in [4.78, 5) is 33.1. The van der Waals surface area contributed by atoms with Gasteiger partial charge in [0.25, 0.3) is 5.56 Å². The minimum atomic E-state index is -4.39. The van der Waals surface area contributed by atoms with Crippen LogP contribution in [0, 0.1) is 5.82 Å². The first kappa shape index (κ1) is 20.8. The highest BCUT2D eigenvalue weighted by Gasteiger charge is 2.27. The van der Waals surface area contributed by atoms with Gasteiger partial charge in [0.2, 0.25) is 5.91 Å². The van der Waals surface area contributed by atoms with Gasteiger partial charge in [-0.3, -0.25) is 20.0 Å². The molecule has 0 aliphatic heterocycles. The predicted molar refractivity (Wildman–Crippen MR) is 99.7 cm³/mol. The maximum Gasteiger partial charge on any atom is 0.389 e. The molecule has 0 bridgehead atoms. The fourth-order valence-corrected chi connectivity index (χ4v) is 3.36. The Morgan fingerprint density at radius 3 is 2.69 bits per heavy atom. The number of fused-ring (bicyclic) bond motifs is 1. The van der Waals surface area contributed by atoms with E-state index in [1.165, 1.54) is 12.3 Å². The van der Waals surface area contributed by atoms with Crippen molar-refractivity contribution in [3.05, 3.63) is 64.5 Å². The van der Waals surface area contributed by atoms with Crippen molar-refractivity contribution in [2.24, 2.45) is 0 Å². The van der Waals surface area contributed by atoms with Gasteiger partial charge in [-0.2, -0.15) is 17.8 Å². The standard InChI is InChI=1S/C18H14F4N4O2S/c19-11-4-5-13-14(9-11)24-17(29-8-6-18(20,21)22)26(16(13)28)25-15(27)10-12-3-1-2-7-23-12/h1-5,7,9H,6,8,10H2,(H,25,27). The number of carbonyl (C=O) groups excluding carboxylic acids is 1. The molecule has 0 aliphatic carbocycles. The molecule has 0 spiro atoms. The van der Waals surface area contributed by atoms with E-state index < -0.39 is 35.6 Å². The van der Waals surface area contributed by atoms with Crippen molar-refractivity contribution in [3.8, 4) is 0 Å². The molecule has 2 heterocycles. The summed E-state index contributed by atoms with van der Waals surface area (Å²) in [5.41, 5.74) is 2.06. The molecule has 3 aromatic rings. The van der Waals surface area contributed by atoms with Crippen LogP contribution in [0.5, 0.6) is 0 Å². The van der Waals surface area contributed by atoms with Gasteiger partial charge in [0.1, 0.15) is 5.82 Å². The Bertz CT molecular complexity index is 1090. The summed E-state index contributed by atoms with van der Waals surface area (Å²) in [5.74, 6) is -1.67. The molecule has 3 rings (SSSR count). The first-order chi connectivity index (χ1) is 13.7. The zero-order valence-corrected chi connectivity index (χ0v) is 15.6. The smallest absolute Gasteiger partial charge is 0.273 e. The number of hydrogen-bond donors (Lipinski definition) is 1. The van der Waals surface area contributed by atoms with Crippen LogP contribution < -0.4 is 11.0 Å². The molecule has 29 heavy (non-hydrogen) atoms. The monoisotopic (exact) mass is 426 g/mol. The summed E-state index contributed by atoms with van der Waals surface area (Å²) in [6.07, 6.45) is -4.15. The molecule has 152 valence electrons. The van der Waals surface area contributed by atoms with Crippen molar-refractivity contribution in [1.82, 2.24) is 14.6 Å². The quantitative estimate of drug-likeness (QED) is 0.372. The lowest BCUT2D eigenvalue weighted by molar-refractivity contribution is -0.129. The van der Waals surface area contributed by atoms with Crippen LogP contribution in [0.25, 0.3) is 10.9 Å². The summed E-state index contributed by atoms with van der Waals surface area (Å²) in [5, 5.41) is -0.156. The van der Waals surface area contributed by atoms with Crippen molar-refractivity contribution in [1.29, 1.82) is 0 Å². The number of pyridine rings is 1. The average Bonchev–Trinajstić information content (AvgIpc) is 2.64. The van der Waals surface area contributed by atoms with Gasteiger partial charge in [0.05, 0.1) is 23.7 Å². The van der Waals surface area contributed by atoms with Gasteiger partial charge in [0.15, 0.2) is 5.16 Å². The molecule has 0 saturated carbocycles. The highest BCUT2D eigenvalue weighted by atomic mass is 32.2. The number of thioether (sulfide) groups is 1. The molecule has 0 aliphatic rings. The number of hydrogen-bond acceptors (Lipinski definition) is 5. The normalized spacial score (nSPS) is 11.6. The third-order valence-corrected chi connectivity index (χ3v) is 4.66. The van der Waals surface area contributed by atoms with Crippen molar-refractivity contribution in [2.75, 3.05) is 11.2 Å². The SMILES string of the molecule is O=C(Cc1ccccn1)Nn1c(SCCC(F)(F)F)nc2cc(F)ccc2c1=O. The molecule has 1 N–H and O–H groups in total. The molecule has 1 aromatic carbocycles. The van der Waals surface area contributed by atoms with E-state index in [0.717, 1.165) is 16.8 Å². The summed E-state index contributed by atoms with van der Waals surface area (Å²) in [6.45, 7) is 0. The van der Waals surface area contributed by atoms with E-state index in [4.69, 9.17) is 0 Å². The first-order valence-electron chi connectivity index (χ1n) is 8.34. The minimum absolute atomic E-state index is 0.0141. The zero-order valence-electron chi connectivity index (χ0n) is 14.7. The summed E-state index contributed by atoms with van der Waals surface area (Å²) in [7, 11) is 0. The number of benzene rings is 1. The van der Waals surface area contributed by atoms with Crippen LogP contribution in [0.1, 0.15) is 12.1 Å². The number of alkyl halides is 3. The van der Waals surface area contributed by atoms with E-state index in [2.05, 4.69) is 15.4 Å². The fourth-order valence-electron chi connectivity index (χ4n) is 2.42. The number of carbonyl (C=O) groups is 1. The minimum Gasteiger partial charge on any atom is -0.273 e. The lowest BCUT2D eigenvalue weighted by atomic mass is 10.2. The highest BCUT2D eigenvalue weighted by molar-refractivity contribution is 7.99. The van der Waals surface area contributed by atoms with Crippen LogP contribution in [0.3, 0.4) is 0 Å². The van der Waals surface area contributed by atoms with E-state index >= 15 is 0 Å². The number of amides is 1. The lowest BCUT2D eigenvalue weighted by Gasteiger charge is -2.14. The van der Waals surface area contributed by atoms with Crippen LogP contribution in [-0.2, 0) is 11.2 Å². The topological polar surface area (TPSA) is 76.9 Å². The highest BCUT2D eigenvalue weighted by Crippen LogP contribution is 2.25. The Morgan fingerprint density at radius 2 is 2.00 bits per heavy atom. The zero-order chi connectivity index (χ0) is 21.0. The number of rotatable bonds is 6. The van der Waals surface area contributed by atoms with Crippen molar-refractivity contribution in [2.45, 2.75) is 24.2 Å². The van der Waals surface area contributed by atoms with E-state index in [-0.39, 0.29) is 22.5 Å². The summed E-state index contributed by atoms with van der Waals surface area (Å²) < 4.78 is 51.7. The number of halogens is 4. The molecular formula is C18H14F4N4O2S. The Morgan fingerprint density at radius 1 is 1.21 bits per heavy atom. The van der Waals surface area contributed by atoms with Crippen molar-refractivity contribution < 1.29 is 22.4 Å². The maximum absolute atomic E-state index is 13.5. The van der Waals surface area contributed by atoms with Gasteiger partial charge in [-0.15, -0.1) is 0 Å². The molecule has 0 unspecified atom stereocenters. The van der Waals surface area contributed by atoms with Gasteiger partial charge in [-0.1, -0.05) is 17.8 Å². The molecular weight excluding hydrogens is 412 g/mol. The summed E-state index contributed by atoms with van der Waals surface area (Å²) in [6, 6.07) is 8.24. The Kier molecular flexibility index (Phi) is 6.16. The van der Waals surface area contributed by atoms with Crippen LogP contribution in [0.2, 0.25) is 0 Å². The Labute approximate surface area is 165 Å².